The van der Waals surface area contributed by atoms with E-state index in [0.29, 0.717) is 0 Å². The van der Waals surface area contributed by atoms with Gasteiger partial charge < -0.3 is 0 Å². The first kappa shape index (κ1) is 8.81. The molecule has 0 spiro atoms. The van der Waals surface area contributed by atoms with E-state index in [1.165, 1.54) is 6.92 Å². The summed E-state index contributed by atoms with van der Waals surface area (Å²) in [6.07, 6.45) is 0.984. The van der Waals surface area contributed by atoms with Gasteiger partial charge in [-0.2, -0.15) is 0 Å². The monoisotopic (exact) mass is 145 g/mol. The fraction of sp³-hybridized carbons (Fsp3) is 0.333. The maximum Gasteiger partial charge on any atom is 0.286 e. The number of hydrogen-bond acceptors (Lipinski definition) is 2. The Morgan fingerprint density at radius 2 is 2.00 bits per heavy atom. The van der Waals surface area contributed by atoms with Gasteiger partial charge >= 0.3 is 0 Å². The van der Waals surface area contributed by atoms with Crippen LogP contribution in [0.15, 0.2) is 11.9 Å². The molecule has 0 unspecified atom stereocenters. The molecule has 0 aliphatic heterocycles. The summed E-state index contributed by atoms with van der Waals surface area (Å²) in [5.41, 5.74) is 0. The van der Waals surface area contributed by atoms with E-state index in [9.17, 15) is 14.0 Å². The first-order valence-corrected chi connectivity index (χ1v) is 2.71. The maximum absolute atomic E-state index is 12.2. The van der Waals surface area contributed by atoms with E-state index < -0.39 is 17.6 Å². The van der Waals surface area contributed by atoms with Gasteiger partial charge in [-0.1, -0.05) is 0 Å². The Bertz CT molecular complexity index is 186. The summed E-state index contributed by atoms with van der Waals surface area (Å²) >= 11 is 0. The SMILES string of the molecule is C/C=C(/F)C(=O)NC(C)=O. The van der Waals surface area contributed by atoms with Crippen LogP contribution in [-0.4, -0.2) is 11.8 Å². The number of amides is 2. The predicted molar refractivity (Wildman–Crippen MR) is 33.7 cm³/mol. The van der Waals surface area contributed by atoms with E-state index in [1.54, 1.807) is 5.32 Å². The van der Waals surface area contributed by atoms with Crippen molar-refractivity contribution in [3.05, 3.63) is 11.9 Å². The van der Waals surface area contributed by atoms with Crippen LogP contribution in [0.2, 0.25) is 0 Å². The third-order valence-corrected chi connectivity index (χ3v) is 0.760. The van der Waals surface area contributed by atoms with Crippen molar-refractivity contribution in [1.82, 2.24) is 5.32 Å². The third kappa shape index (κ3) is 2.96. The molecule has 0 aromatic rings. The Hall–Kier alpha value is -1.19. The van der Waals surface area contributed by atoms with Crippen LogP contribution in [0.1, 0.15) is 13.8 Å². The highest BCUT2D eigenvalue weighted by Gasteiger charge is 2.07. The minimum atomic E-state index is -0.991. The molecule has 1 N–H and O–H groups in total. The van der Waals surface area contributed by atoms with Crippen molar-refractivity contribution in [2.45, 2.75) is 13.8 Å². The van der Waals surface area contributed by atoms with E-state index in [-0.39, 0.29) is 0 Å². The van der Waals surface area contributed by atoms with Gasteiger partial charge in [0.2, 0.25) is 5.91 Å². The molecule has 3 nitrogen and oxygen atoms in total. The van der Waals surface area contributed by atoms with Crippen LogP contribution in [0.5, 0.6) is 0 Å². The summed E-state index contributed by atoms with van der Waals surface area (Å²) in [4.78, 5) is 20.6. The number of imide groups is 1. The number of allylic oxidation sites excluding steroid dienone is 1. The average molecular weight is 145 g/mol. The number of carbonyl (C=O) groups is 2. The van der Waals surface area contributed by atoms with Crippen molar-refractivity contribution in [2.75, 3.05) is 0 Å². The van der Waals surface area contributed by atoms with Gasteiger partial charge in [-0.3, -0.25) is 14.9 Å². The normalized spacial score (nSPS) is 10.9. The second-order valence-corrected chi connectivity index (χ2v) is 1.65. The minimum absolute atomic E-state index is 0.568. The second-order valence-electron chi connectivity index (χ2n) is 1.65. The van der Waals surface area contributed by atoms with Crippen molar-refractivity contribution < 1.29 is 14.0 Å². The van der Waals surface area contributed by atoms with E-state index in [4.69, 9.17) is 0 Å². The Balaban J connectivity index is 3.99. The van der Waals surface area contributed by atoms with Crippen molar-refractivity contribution in [3.8, 4) is 0 Å². The molecule has 0 fully saturated rings. The molecule has 2 amide bonds. The molecule has 0 atom stereocenters. The van der Waals surface area contributed by atoms with Crippen molar-refractivity contribution in [1.29, 1.82) is 0 Å². The number of nitrogens with one attached hydrogen (secondary N) is 1. The molecule has 0 saturated carbocycles. The molecule has 0 rings (SSSR count). The number of hydrogen-bond donors (Lipinski definition) is 1. The third-order valence-electron chi connectivity index (χ3n) is 0.760. The van der Waals surface area contributed by atoms with Crippen LogP contribution in [0.25, 0.3) is 0 Å². The largest absolute Gasteiger partial charge is 0.291 e. The molecule has 0 bridgehead atoms. The smallest absolute Gasteiger partial charge is 0.286 e. The highest BCUT2D eigenvalue weighted by Crippen LogP contribution is 1.93. The molecule has 0 aromatic heterocycles. The molecule has 0 saturated heterocycles. The van der Waals surface area contributed by atoms with Crippen molar-refractivity contribution in [2.24, 2.45) is 0 Å². The topological polar surface area (TPSA) is 46.2 Å². The zero-order valence-electron chi connectivity index (χ0n) is 5.77. The van der Waals surface area contributed by atoms with Gasteiger partial charge in [0.05, 0.1) is 0 Å². The molecule has 4 heteroatoms. The highest BCUT2D eigenvalue weighted by molar-refractivity contribution is 6.02. The lowest BCUT2D eigenvalue weighted by molar-refractivity contribution is -0.127. The van der Waals surface area contributed by atoms with Gasteiger partial charge in [0.25, 0.3) is 5.91 Å². The van der Waals surface area contributed by atoms with Gasteiger partial charge in [0.15, 0.2) is 5.83 Å². The van der Waals surface area contributed by atoms with Crippen LogP contribution in [0.4, 0.5) is 4.39 Å². The second kappa shape index (κ2) is 3.76. The zero-order chi connectivity index (χ0) is 8.15. The summed E-state index contributed by atoms with van der Waals surface area (Å²) in [7, 11) is 0. The summed E-state index contributed by atoms with van der Waals surface area (Å²) in [6.45, 7) is 2.51. The standard InChI is InChI=1S/C6H8FNO2/c1-3-5(7)6(10)8-4(2)9/h3H,1-2H3,(H,8,9,10)/b5-3+. The van der Waals surface area contributed by atoms with Crippen LogP contribution >= 0.6 is 0 Å². The zero-order valence-corrected chi connectivity index (χ0v) is 5.77. The Morgan fingerprint density at radius 3 is 2.30 bits per heavy atom. The quantitative estimate of drug-likeness (QED) is 0.547. The van der Waals surface area contributed by atoms with Crippen LogP contribution < -0.4 is 5.32 Å². The molecular formula is C6H8FNO2. The predicted octanol–water partition coefficient (Wildman–Crippen LogP) is 0.522. The van der Waals surface area contributed by atoms with Gasteiger partial charge in [-0.15, -0.1) is 0 Å². The Morgan fingerprint density at radius 1 is 1.50 bits per heavy atom. The fourth-order valence-corrected chi connectivity index (χ4v) is 0.351. The number of halogens is 1. The van der Waals surface area contributed by atoms with Crippen LogP contribution in [0, 0.1) is 0 Å². The van der Waals surface area contributed by atoms with E-state index in [0.717, 1.165) is 13.0 Å². The molecule has 0 heterocycles. The highest BCUT2D eigenvalue weighted by atomic mass is 19.1. The molecule has 0 aliphatic rings. The summed E-state index contributed by atoms with van der Waals surface area (Å²) < 4.78 is 12.2. The van der Waals surface area contributed by atoms with E-state index >= 15 is 0 Å². The Labute approximate surface area is 57.9 Å². The molecule has 10 heavy (non-hydrogen) atoms. The lowest BCUT2D eigenvalue weighted by Crippen LogP contribution is -2.28. The molecular weight excluding hydrogens is 137 g/mol. The Kier molecular flexibility index (Phi) is 3.32. The number of rotatable bonds is 1. The average Bonchev–Trinajstić information content (AvgIpc) is 1.85. The summed E-state index contributed by atoms with van der Waals surface area (Å²) in [5.74, 6) is -2.51. The van der Waals surface area contributed by atoms with Crippen molar-refractivity contribution in [3.63, 3.8) is 0 Å². The minimum Gasteiger partial charge on any atom is -0.291 e. The van der Waals surface area contributed by atoms with E-state index in [1.807, 2.05) is 0 Å². The van der Waals surface area contributed by atoms with E-state index in [2.05, 4.69) is 0 Å². The fourth-order valence-electron chi connectivity index (χ4n) is 0.351. The molecule has 0 aromatic carbocycles. The van der Waals surface area contributed by atoms with Crippen molar-refractivity contribution >= 4 is 11.8 Å². The maximum atomic E-state index is 12.2. The van der Waals surface area contributed by atoms with Gasteiger partial charge in [0.1, 0.15) is 0 Å². The lowest BCUT2D eigenvalue weighted by Gasteiger charge is -1.94. The first-order valence-electron chi connectivity index (χ1n) is 2.71. The molecule has 56 valence electrons. The van der Waals surface area contributed by atoms with Gasteiger partial charge in [-0.05, 0) is 13.0 Å². The molecule has 0 radical (unpaired) electrons. The van der Waals surface area contributed by atoms with Gasteiger partial charge in [0, 0.05) is 6.92 Å². The first-order chi connectivity index (χ1) is 4.57. The lowest BCUT2D eigenvalue weighted by atomic mass is 10.4. The van der Waals surface area contributed by atoms with Gasteiger partial charge in [-0.25, -0.2) is 4.39 Å². The molecule has 0 aliphatic carbocycles. The summed E-state index contributed by atoms with van der Waals surface area (Å²) in [6, 6.07) is 0. The van der Waals surface area contributed by atoms with Crippen LogP contribution in [-0.2, 0) is 9.59 Å². The summed E-state index contributed by atoms with van der Waals surface area (Å²) in [5, 5.41) is 1.77. The van der Waals surface area contributed by atoms with Crippen LogP contribution in [0.3, 0.4) is 0 Å². The number of carbonyl (C=O) groups excluding carboxylic acids is 2.